The smallest absolute Gasteiger partial charge is 0.273 e. The van der Waals surface area contributed by atoms with Gasteiger partial charge in [-0.25, -0.2) is 9.36 Å². The fourth-order valence-electron chi connectivity index (χ4n) is 5.17. The molecule has 4 atom stereocenters. The van der Waals surface area contributed by atoms with E-state index in [2.05, 4.69) is 31.1 Å². The summed E-state index contributed by atoms with van der Waals surface area (Å²) in [5, 5.41) is 40.7. The lowest BCUT2D eigenvalue weighted by Gasteiger charge is -2.12. The Kier molecular flexibility index (Phi) is 8.39. The highest BCUT2D eigenvalue weighted by molar-refractivity contribution is 5.93. The average molecular weight is 536 g/mol. The predicted octanol–water partition coefficient (Wildman–Crippen LogP) is 1.77. The van der Waals surface area contributed by atoms with Crippen LogP contribution in [-0.2, 0) is 13.2 Å². The van der Waals surface area contributed by atoms with Crippen molar-refractivity contribution in [2.75, 3.05) is 0 Å². The van der Waals surface area contributed by atoms with Crippen LogP contribution in [0.3, 0.4) is 0 Å². The predicted molar refractivity (Wildman–Crippen MR) is 139 cm³/mol. The molecule has 3 heterocycles. The van der Waals surface area contributed by atoms with Gasteiger partial charge in [0.1, 0.15) is 5.69 Å². The third-order valence-corrected chi connectivity index (χ3v) is 7.24. The van der Waals surface area contributed by atoms with Crippen molar-refractivity contribution in [2.45, 2.75) is 75.9 Å². The third kappa shape index (κ3) is 6.38. The van der Waals surface area contributed by atoms with Crippen LogP contribution in [-0.4, -0.2) is 63.3 Å². The van der Waals surface area contributed by atoms with Crippen LogP contribution in [0.4, 0.5) is 0 Å². The van der Waals surface area contributed by atoms with Crippen molar-refractivity contribution in [3.05, 3.63) is 65.9 Å². The number of nitrogens with two attached hydrogens (primary N) is 1. The number of carbonyl (C=O) groups excluding carboxylic acids is 1. The molecular formula is C26H33N9O4. The maximum absolute atomic E-state index is 12.4. The number of carbonyl (C=O) groups is 1. The van der Waals surface area contributed by atoms with Gasteiger partial charge in [0.25, 0.3) is 5.91 Å². The summed E-state index contributed by atoms with van der Waals surface area (Å²) in [4.78, 5) is 12.4. The zero-order valence-electron chi connectivity index (χ0n) is 21.5. The van der Waals surface area contributed by atoms with Gasteiger partial charge in [-0.3, -0.25) is 4.79 Å². The molecule has 2 aliphatic rings. The molecule has 1 aromatic carbocycles. The van der Waals surface area contributed by atoms with E-state index in [1.165, 1.54) is 0 Å². The molecule has 0 aliphatic heterocycles. The molecule has 0 bridgehead atoms. The maximum Gasteiger partial charge on any atom is 0.273 e. The molecule has 2 aliphatic carbocycles. The molecule has 0 saturated heterocycles. The summed E-state index contributed by atoms with van der Waals surface area (Å²) in [6, 6.07) is 12.0. The number of hydrogen-bond acceptors (Lipinski definition) is 10. The minimum absolute atomic E-state index is 0.00125. The van der Waals surface area contributed by atoms with Gasteiger partial charge in [-0.15, -0.1) is 10.2 Å². The van der Waals surface area contributed by atoms with Crippen LogP contribution in [0.2, 0.25) is 0 Å². The van der Waals surface area contributed by atoms with Crippen LogP contribution in [0.5, 0.6) is 0 Å². The average Bonchev–Trinajstić information content (AvgIpc) is 3.79. The molecule has 0 radical (unpaired) electrons. The second kappa shape index (κ2) is 12.3. The summed E-state index contributed by atoms with van der Waals surface area (Å²) < 4.78 is 8.85. The Morgan fingerprint density at radius 1 is 1.05 bits per heavy atom. The SMILES string of the molecule is NC1CCC(n2nncc2CO)C1.O=C(NC1CCC(n2cc(CO)nn2)C1)c1cc(-c2ccccc2)on1. The van der Waals surface area contributed by atoms with Crippen molar-refractivity contribution in [3.8, 4) is 11.3 Å². The van der Waals surface area contributed by atoms with E-state index < -0.39 is 0 Å². The van der Waals surface area contributed by atoms with Gasteiger partial charge in [0.05, 0.1) is 43.4 Å². The minimum Gasteiger partial charge on any atom is -0.390 e. The van der Waals surface area contributed by atoms with Crippen molar-refractivity contribution in [3.63, 3.8) is 0 Å². The molecule has 2 fully saturated rings. The fraction of sp³-hybridized carbons (Fsp3) is 0.462. The van der Waals surface area contributed by atoms with Gasteiger partial charge in [-0.05, 0) is 38.5 Å². The number of hydrogen-bond donors (Lipinski definition) is 4. The Labute approximate surface area is 225 Å². The molecule has 13 heteroatoms. The summed E-state index contributed by atoms with van der Waals surface area (Å²) in [5.41, 5.74) is 8.28. The molecule has 2 saturated carbocycles. The first kappa shape index (κ1) is 26.7. The number of rotatable bonds is 7. The Morgan fingerprint density at radius 2 is 1.87 bits per heavy atom. The van der Waals surface area contributed by atoms with Crippen molar-refractivity contribution in [1.29, 1.82) is 0 Å². The second-order valence-corrected chi connectivity index (χ2v) is 9.98. The van der Waals surface area contributed by atoms with Gasteiger partial charge in [0.2, 0.25) is 0 Å². The Morgan fingerprint density at radius 3 is 2.59 bits per heavy atom. The van der Waals surface area contributed by atoms with E-state index in [4.69, 9.17) is 20.5 Å². The number of nitrogens with zero attached hydrogens (tertiary/aromatic N) is 7. The van der Waals surface area contributed by atoms with Gasteiger partial charge in [0, 0.05) is 23.7 Å². The molecule has 13 nitrogen and oxygen atoms in total. The lowest BCUT2D eigenvalue weighted by atomic mass is 10.1. The third-order valence-electron chi connectivity index (χ3n) is 7.24. The van der Waals surface area contributed by atoms with E-state index in [1.54, 1.807) is 27.8 Å². The molecule has 5 N–H and O–H groups in total. The van der Waals surface area contributed by atoms with Gasteiger partial charge >= 0.3 is 0 Å². The zero-order valence-corrected chi connectivity index (χ0v) is 21.5. The summed E-state index contributed by atoms with van der Waals surface area (Å²) >= 11 is 0. The molecule has 1 amide bonds. The summed E-state index contributed by atoms with van der Waals surface area (Å²) in [5.74, 6) is 0.329. The fourth-order valence-corrected chi connectivity index (χ4v) is 5.17. The van der Waals surface area contributed by atoms with Crippen molar-refractivity contribution in [2.24, 2.45) is 5.73 Å². The lowest BCUT2D eigenvalue weighted by molar-refractivity contribution is 0.0928. The monoisotopic (exact) mass is 535 g/mol. The maximum atomic E-state index is 12.4. The van der Waals surface area contributed by atoms with E-state index in [0.717, 1.165) is 49.8 Å². The Bertz CT molecular complexity index is 1350. The molecule has 3 aromatic heterocycles. The number of amides is 1. The highest BCUT2D eigenvalue weighted by Gasteiger charge is 2.29. The first-order chi connectivity index (χ1) is 19.0. The summed E-state index contributed by atoms with van der Waals surface area (Å²) in [6.45, 7) is -0.123. The van der Waals surface area contributed by atoms with Crippen molar-refractivity contribution >= 4 is 5.91 Å². The topological polar surface area (TPSA) is 183 Å². The van der Waals surface area contributed by atoms with E-state index in [9.17, 15) is 4.79 Å². The zero-order chi connectivity index (χ0) is 27.2. The number of aliphatic hydroxyl groups is 2. The highest BCUT2D eigenvalue weighted by atomic mass is 16.5. The molecule has 39 heavy (non-hydrogen) atoms. The minimum atomic E-state index is -0.240. The van der Waals surface area contributed by atoms with Gasteiger partial charge < -0.3 is 25.8 Å². The standard InChI is InChI=1S/C18H19N5O3.C8H14N4O/c24-11-14-10-23(22-20-14)15-7-6-13(8-15)19-18(25)16-9-17(26-21-16)12-4-2-1-3-5-12;9-6-1-2-7(3-6)12-8(5-13)4-10-11-12/h1-5,9-10,13,15,24H,6-8,11H2,(H,19,25);4,6-7,13H,1-3,5,9H2. The number of aromatic nitrogens is 7. The van der Waals surface area contributed by atoms with Crippen molar-refractivity contribution < 1.29 is 19.5 Å². The van der Waals surface area contributed by atoms with Crippen LogP contribution >= 0.6 is 0 Å². The van der Waals surface area contributed by atoms with Crippen molar-refractivity contribution in [1.82, 2.24) is 40.5 Å². The molecule has 4 unspecified atom stereocenters. The molecule has 4 aromatic rings. The largest absolute Gasteiger partial charge is 0.390 e. The quantitative estimate of drug-likeness (QED) is 0.272. The summed E-state index contributed by atoms with van der Waals surface area (Å²) in [7, 11) is 0. The first-order valence-corrected chi connectivity index (χ1v) is 13.1. The van der Waals surface area contributed by atoms with E-state index >= 15 is 0 Å². The highest BCUT2D eigenvalue weighted by Crippen LogP contribution is 2.30. The van der Waals surface area contributed by atoms with E-state index in [-0.39, 0.29) is 42.9 Å². The van der Waals surface area contributed by atoms with Gasteiger partial charge in [-0.1, -0.05) is 45.9 Å². The lowest BCUT2D eigenvalue weighted by Crippen LogP contribution is -2.33. The molecule has 0 spiro atoms. The molecular weight excluding hydrogens is 502 g/mol. The number of aliphatic hydroxyl groups excluding tert-OH is 2. The summed E-state index contributed by atoms with van der Waals surface area (Å²) in [6.07, 6.45) is 8.89. The van der Waals surface area contributed by atoms with Crippen LogP contribution < -0.4 is 11.1 Å². The molecule has 206 valence electrons. The van der Waals surface area contributed by atoms with Crippen LogP contribution in [0.25, 0.3) is 11.3 Å². The Hall–Kier alpha value is -3.94. The normalized spacial score (nSPS) is 22.4. The van der Waals surface area contributed by atoms with Gasteiger partial charge in [0.15, 0.2) is 11.5 Å². The molecule has 6 rings (SSSR count). The van der Waals surface area contributed by atoms with Crippen LogP contribution in [0, 0.1) is 0 Å². The van der Waals surface area contributed by atoms with Crippen LogP contribution in [0.15, 0.2) is 53.3 Å². The first-order valence-electron chi connectivity index (χ1n) is 13.1. The van der Waals surface area contributed by atoms with Crippen LogP contribution in [0.1, 0.15) is 72.5 Å². The van der Waals surface area contributed by atoms with Gasteiger partial charge in [-0.2, -0.15) is 0 Å². The number of nitrogens with one attached hydrogen (secondary N) is 1. The number of benzene rings is 1. The van der Waals surface area contributed by atoms with E-state index in [0.29, 0.717) is 17.5 Å². The second-order valence-electron chi connectivity index (χ2n) is 9.98. The Balaban J connectivity index is 0.000000198. The van der Waals surface area contributed by atoms with E-state index in [1.807, 2.05) is 30.3 Å².